The van der Waals surface area contributed by atoms with Gasteiger partial charge in [-0.1, -0.05) is 19.1 Å². The third-order valence-corrected chi connectivity index (χ3v) is 5.88. The molecule has 0 aromatic heterocycles. The van der Waals surface area contributed by atoms with Gasteiger partial charge < -0.3 is 14.2 Å². The normalized spacial score (nSPS) is 30.0. The average molecular weight is 356 g/mol. The van der Waals surface area contributed by atoms with Crippen LogP contribution in [0.5, 0.6) is 11.5 Å². The van der Waals surface area contributed by atoms with E-state index >= 15 is 0 Å². The molecule has 2 aliphatic carbocycles. The molecule has 0 heterocycles. The summed E-state index contributed by atoms with van der Waals surface area (Å²) < 4.78 is 15.9. The van der Waals surface area contributed by atoms with Crippen LogP contribution >= 0.6 is 0 Å². The van der Waals surface area contributed by atoms with Crippen LogP contribution in [-0.4, -0.2) is 32.9 Å². The van der Waals surface area contributed by atoms with Gasteiger partial charge in [-0.2, -0.15) is 0 Å². The largest absolute Gasteiger partial charge is 0.493 e. The lowest BCUT2D eigenvalue weighted by Crippen LogP contribution is -2.63. The Labute approximate surface area is 153 Å². The molecule has 0 aliphatic heterocycles. The number of hydrogen-bond donors (Lipinski definition) is 0. The summed E-state index contributed by atoms with van der Waals surface area (Å²) in [5, 5.41) is 0. The van der Waals surface area contributed by atoms with Crippen molar-refractivity contribution in [3.63, 3.8) is 0 Å². The summed E-state index contributed by atoms with van der Waals surface area (Å²) in [5.74, 6) is 0.722. The Balaban J connectivity index is 2.12. The number of Topliss-reactive ketones (excluding diaryl/α,β-unsaturated/α-hetero) is 1. The van der Waals surface area contributed by atoms with Gasteiger partial charge in [0.15, 0.2) is 23.0 Å². The van der Waals surface area contributed by atoms with Crippen LogP contribution < -0.4 is 9.47 Å². The molecule has 0 radical (unpaired) electrons. The number of carbonyl (C=O) groups excluding carboxylic acids is 2. The van der Waals surface area contributed by atoms with Gasteiger partial charge >= 0.3 is 0 Å². The van der Waals surface area contributed by atoms with Gasteiger partial charge in [-0.25, -0.2) is 0 Å². The van der Waals surface area contributed by atoms with Crippen molar-refractivity contribution < 1.29 is 23.8 Å². The monoisotopic (exact) mass is 356 g/mol. The minimum atomic E-state index is -0.806. The summed E-state index contributed by atoms with van der Waals surface area (Å²) in [6.07, 6.45) is 3.52. The molecule has 0 N–H and O–H groups in total. The number of hydrogen-bond acceptors (Lipinski definition) is 5. The summed E-state index contributed by atoms with van der Waals surface area (Å²) in [6, 6.07) is 5.67. The summed E-state index contributed by atoms with van der Waals surface area (Å²) >= 11 is 0. The molecule has 1 aromatic carbocycles. The molecule has 4 atom stereocenters. The number of ether oxygens (including phenoxy) is 3. The fraction of sp³-hybridized carbons (Fsp3) is 0.429. The Bertz CT molecular complexity index is 794. The van der Waals surface area contributed by atoms with E-state index in [2.05, 4.69) is 6.58 Å². The standard InChI is InChI=1S/C21H24O5/c1-6-9-21-17(22)11-16(26-5)20(23)19(21)12(2)18(21)13-7-8-14(24-3)15(10-13)25-4/h6-8,10-12,18-19H,1,9H2,2-5H3/t12?,18-,19?,21-/m1/s1. The van der Waals surface area contributed by atoms with Gasteiger partial charge in [0.2, 0.25) is 5.78 Å². The van der Waals surface area contributed by atoms with E-state index in [-0.39, 0.29) is 29.2 Å². The van der Waals surface area contributed by atoms with Gasteiger partial charge in [0.1, 0.15) is 0 Å². The molecule has 2 aliphatic rings. The van der Waals surface area contributed by atoms with Crippen molar-refractivity contribution in [1.29, 1.82) is 0 Å². The quantitative estimate of drug-likeness (QED) is 0.732. The molecule has 26 heavy (non-hydrogen) atoms. The van der Waals surface area contributed by atoms with E-state index < -0.39 is 11.3 Å². The molecule has 0 spiro atoms. The molecule has 1 aromatic rings. The van der Waals surface area contributed by atoms with E-state index in [1.165, 1.54) is 13.2 Å². The van der Waals surface area contributed by atoms with E-state index in [0.29, 0.717) is 17.9 Å². The topological polar surface area (TPSA) is 61.8 Å². The molecule has 3 rings (SSSR count). The van der Waals surface area contributed by atoms with E-state index in [4.69, 9.17) is 14.2 Å². The van der Waals surface area contributed by atoms with Crippen LogP contribution in [0.4, 0.5) is 0 Å². The molecule has 1 fully saturated rings. The maximum absolute atomic E-state index is 13.1. The van der Waals surface area contributed by atoms with Crippen LogP contribution in [0.25, 0.3) is 0 Å². The summed E-state index contributed by atoms with van der Waals surface area (Å²) in [6.45, 7) is 5.83. The predicted molar refractivity (Wildman–Crippen MR) is 97.3 cm³/mol. The van der Waals surface area contributed by atoms with Crippen molar-refractivity contribution in [2.75, 3.05) is 21.3 Å². The highest BCUT2D eigenvalue weighted by atomic mass is 16.5. The first-order valence-corrected chi connectivity index (χ1v) is 8.63. The van der Waals surface area contributed by atoms with Crippen molar-refractivity contribution in [1.82, 2.24) is 0 Å². The van der Waals surface area contributed by atoms with Gasteiger partial charge in [-0.05, 0) is 30.0 Å². The fourth-order valence-corrected chi connectivity index (χ4v) is 4.86. The van der Waals surface area contributed by atoms with Crippen molar-refractivity contribution >= 4 is 11.6 Å². The van der Waals surface area contributed by atoms with Crippen molar-refractivity contribution in [2.24, 2.45) is 17.3 Å². The van der Waals surface area contributed by atoms with E-state index in [1.807, 2.05) is 25.1 Å². The lowest BCUT2D eigenvalue weighted by molar-refractivity contribution is -0.161. The highest BCUT2D eigenvalue weighted by molar-refractivity contribution is 6.13. The molecule has 2 unspecified atom stereocenters. The zero-order chi connectivity index (χ0) is 19.1. The molecule has 0 amide bonds. The summed E-state index contributed by atoms with van der Waals surface area (Å²) in [5.41, 5.74) is 0.156. The predicted octanol–water partition coefficient (Wildman–Crippen LogP) is 3.30. The Hall–Kier alpha value is -2.56. The minimum Gasteiger partial charge on any atom is -0.493 e. The van der Waals surface area contributed by atoms with Gasteiger partial charge in [-0.3, -0.25) is 9.59 Å². The van der Waals surface area contributed by atoms with Gasteiger partial charge in [-0.15, -0.1) is 6.58 Å². The molecule has 1 saturated carbocycles. The molecule has 5 heteroatoms. The smallest absolute Gasteiger partial charge is 0.201 e. The zero-order valence-electron chi connectivity index (χ0n) is 15.6. The molecular weight excluding hydrogens is 332 g/mol. The second-order valence-electron chi connectivity index (χ2n) is 6.90. The number of ketones is 2. The number of benzene rings is 1. The Morgan fingerprint density at radius 2 is 1.77 bits per heavy atom. The molecule has 5 nitrogen and oxygen atoms in total. The van der Waals surface area contributed by atoms with Crippen molar-refractivity contribution in [3.8, 4) is 11.5 Å². The first-order chi connectivity index (χ1) is 12.5. The van der Waals surface area contributed by atoms with Crippen LogP contribution in [0.1, 0.15) is 24.8 Å². The number of rotatable bonds is 6. The van der Waals surface area contributed by atoms with E-state index in [0.717, 1.165) is 5.56 Å². The third kappa shape index (κ3) is 2.30. The van der Waals surface area contributed by atoms with Crippen LogP contribution in [-0.2, 0) is 14.3 Å². The van der Waals surface area contributed by atoms with Gasteiger partial charge in [0, 0.05) is 17.9 Å². The maximum Gasteiger partial charge on any atom is 0.201 e. The summed E-state index contributed by atoms with van der Waals surface area (Å²) in [4.78, 5) is 25.9. The third-order valence-electron chi connectivity index (χ3n) is 5.88. The lowest BCUT2D eigenvalue weighted by Gasteiger charge is -2.60. The van der Waals surface area contributed by atoms with Crippen molar-refractivity contribution in [2.45, 2.75) is 19.3 Å². The first-order valence-electron chi connectivity index (χ1n) is 8.63. The molecule has 0 bridgehead atoms. The summed E-state index contributed by atoms with van der Waals surface area (Å²) in [7, 11) is 4.59. The van der Waals surface area contributed by atoms with Crippen LogP contribution in [0.15, 0.2) is 42.7 Å². The Morgan fingerprint density at radius 1 is 1.08 bits per heavy atom. The van der Waals surface area contributed by atoms with E-state index in [9.17, 15) is 9.59 Å². The number of allylic oxidation sites excluding steroid dienone is 3. The molecular formula is C21H24O5. The number of methoxy groups -OCH3 is 3. The highest BCUT2D eigenvalue weighted by Gasteiger charge is 2.67. The van der Waals surface area contributed by atoms with Crippen LogP contribution in [0, 0.1) is 17.3 Å². The van der Waals surface area contributed by atoms with Crippen LogP contribution in [0.3, 0.4) is 0 Å². The maximum atomic E-state index is 13.1. The fourth-order valence-electron chi connectivity index (χ4n) is 4.86. The van der Waals surface area contributed by atoms with Crippen molar-refractivity contribution in [3.05, 3.63) is 48.3 Å². The first kappa shape index (κ1) is 18.2. The highest BCUT2D eigenvalue weighted by Crippen LogP contribution is 2.66. The zero-order valence-corrected chi connectivity index (χ0v) is 15.6. The lowest BCUT2D eigenvalue weighted by atomic mass is 9.40. The average Bonchev–Trinajstić information content (AvgIpc) is 2.64. The number of fused-ring (bicyclic) bond motifs is 1. The SMILES string of the molecule is C=CC[C@]12C(=O)C=C(OC)C(=O)C1C(C)[C@@H]2c1ccc(OC)c(OC)c1. The Kier molecular flexibility index (Phi) is 4.65. The van der Waals surface area contributed by atoms with Gasteiger partial charge in [0.25, 0.3) is 0 Å². The second-order valence-corrected chi connectivity index (χ2v) is 6.90. The van der Waals surface area contributed by atoms with E-state index in [1.54, 1.807) is 20.3 Å². The molecule has 0 saturated heterocycles. The second kappa shape index (κ2) is 6.63. The minimum absolute atomic E-state index is 0.00310. The Morgan fingerprint density at radius 3 is 2.35 bits per heavy atom. The number of carbonyl (C=O) groups is 2. The molecule has 138 valence electrons. The van der Waals surface area contributed by atoms with Gasteiger partial charge in [0.05, 0.1) is 26.7 Å². The van der Waals surface area contributed by atoms with Crippen LogP contribution in [0.2, 0.25) is 0 Å².